The maximum atomic E-state index is 12.7. The van der Waals surface area contributed by atoms with Crippen LogP contribution in [0.1, 0.15) is 10.4 Å². The predicted molar refractivity (Wildman–Crippen MR) is 99.0 cm³/mol. The van der Waals surface area contributed by atoms with Crippen LogP contribution in [0.15, 0.2) is 59.8 Å². The molecule has 1 saturated heterocycles. The number of nitrogens with zero attached hydrogens (tertiary/aromatic N) is 5. The first-order valence-electron chi connectivity index (χ1n) is 8.49. The molecule has 0 unspecified atom stereocenters. The zero-order valence-corrected chi connectivity index (χ0v) is 15.8. The Morgan fingerprint density at radius 1 is 1.14 bits per heavy atom. The summed E-state index contributed by atoms with van der Waals surface area (Å²) >= 11 is 0. The van der Waals surface area contributed by atoms with Crippen molar-refractivity contribution in [3.05, 3.63) is 60.4 Å². The van der Waals surface area contributed by atoms with Crippen molar-refractivity contribution in [1.82, 2.24) is 25.1 Å². The Morgan fingerprint density at radius 2 is 1.89 bits per heavy atom. The molecule has 1 amide bonds. The number of hydrogen-bond acceptors (Lipinski definition) is 7. The number of ether oxygens (including phenoxy) is 1. The smallest absolute Gasteiger partial charge is 0.254 e. The van der Waals surface area contributed by atoms with Crippen LogP contribution in [0.25, 0.3) is 5.69 Å². The Kier molecular flexibility index (Phi) is 4.55. The molecule has 10 heteroatoms. The van der Waals surface area contributed by atoms with Gasteiger partial charge in [-0.05, 0) is 52.9 Å². The second-order valence-electron chi connectivity index (χ2n) is 6.36. The molecule has 0 spiro atoms. The predicted octanol–water partition coefficient (Wildman–Crippen LogP) is 0.969. The highest BCUT2D eigenvalue weighted by Crippen LogP contribution is 2.26. The number of likely N-dealkylation sites (tertiary alicyclic amines) is 1. The number of benzene rings is 2. The molecular weight excluding hydrogens is 382 g/mol. The molecule has 2 aromatic carbocycles. The fourth-order valence-corrected chi connectivity index (χ4v) is 4.65. The Balaban J connectivity index is 1.46. The number of tetrazole rings is 1. The van der Waals surface area contributed by atoms with Crippen molar-refractivity contribution in [1.29, 1.82) is 0 Å². The van der Waals surface area contributed by atoms with Crippen molar-refractivity contribution in [3.8, 4) is 11.4 Å². The largest absolute Gasteiger partial charge is 0.497 e. The number of aromatic nitrogens is 4. The summed E-state index contributed by atoms with van der Waals surface area (Å²) in [5.41, 5.74) is 1.10. The van der Waals surface area contributed by atoms with Gasteiger partial charge in [0.05, 0.1) is 17.7 Å². The fraction of sp³-hybridized carbons (Fsp3) is 0.222. The Hall–Kier alpha value is -3.27. The molecule has 0 N–H and O–H groups in total. The number of methoxy groups -OCH3 is 1. The van der Waals surface area contributed by atoms with E-state index in [1.54, 1.807) is 36.4 Å². The summed E-state index contributed by atoms with van der Waals surface area (Å²) < 4.78 is 32.0. The van der Waals surface area contributed by atoms with E-state index in [0.717, 1.165) is 0 Å². The number of rotatable bonds is 5. The van der Waals surface area contributed by atoms with Gasteiger partial charge in [0, 0.05) is 18.7 Å². The quantitative estimate of drug-likeness (QED) is 0.629. The molecule has 144 valence electrons. The third kappa shape index (κ3) is 3.22. The van der Waals surface area contributed by atoms with Crippen LogP contribution >= 0.6 is 0 Å². The van der Waals surface area contributed by atoms with E-state index in [0.29, 0.717) is 17.0 Å². The van der Waals surface area contributed by atoms with E-state index in [1.807, 2.05) is 0 Å². The topological polar surface area (TPSA) is 107 Å². The molecule has 0 radical (unpaired) electrons. The summed E-state index contributed by atoms with van der Waals surface area (Å²) in [5, 5.41) is 10.3. The highest BCUT2D eigenvalue weighted by Gasteiger charge is 2.40. The average Bonchev–Trinajstić information content (AvgIpc) is 3.21. The lowest BCUT2D eigenvalue weighted by Gasteiger charge is -2.38. The molecule has 28 heavy (non-hydrogen) atoms. The summed E-state index contributed by atoms with van der Waals surface area (Å²) in [7, 11) is -1.98. The summed E-state index contributed by atoms with van der Waals surface area (Å²) in [6.45, 7) is 0.310. The third-order valence-electron chi connectivity index (χ3n) is 4.67. The normalized spacial score (nSPS) is 14.5. The second-order valence-corrected chi connectivity index (χ2v) is 8.59. The standard InChI is InChI=1S/C18H17N5O4S/c1-27-15-5-7-16(8-6-15)28(25,26)17-10-22(11-17)18(24)13-3-2-4-14(9-13)23-12-19-20-21-23/h2-9,12,17H,10-11H2,1H3. The van der Waals surface area contributed by atoms with Crippen molar-refractivity contribution in [2.75, 3.05) is 20.2 Å². The summed E-state index contributed by atoms with van der Waals surface area (Å²) in [5.74, 6) is 0.364. The molecule has 1 aromatic heterocycles. The number of sulfone groups is 1. The monoisotopic (exact) mass is 399 g/mol. The summed E-state index contributed by atoms with van der Waals surface area (Å²) in [4.78, 5) is 14.4. The SMILES string of the molecule is COc1ccc(S(=O)(=O)C2CN(C(=O)c3cccc(-n4cnnn4)c3)C2)cc1. The molecule has 1 aliphatic heterocycles. The van der Waals surface area contributed by atoms with Gasteiger partial charge in [-0.25, -0.2) is 13.1 Å². The maximum absolute atomic E-state index is 12.7. The minimum Gasteiger partial charge on any atom is -0.497 e. The van der Waals surface area contributed by atoms with Gasteiger partial charge in [0.15, 0.2) is 9.84 Å². The van der Waals surface area contributed by atoms with Gasteiger partial charge in [-0.15, -0.1) is 5.10 Å². The van der Waals surface area contributed by atoms with Crippen LogP contribution in [-0.4, -0.2) is 64.9 Å². The van der Waals surface area contributed by atoms with Gasteiger partial charge < -0.3 is 9.64 Å². The maximum Gasteiger partial charge on any atom is 0.254 e. The second kappa shape index (κ2) is 7.04. The van der Waals surface area contributed by atoms with Gasteiger partial charge in [-0.1, -0.05) is 6.07 Å². The molecule has 4 rings (SSSR count). The molecule has 0 bridgehead atoms. The lowest BCUT2D eigenvalue weighted by Crippen LogP contribution is -2.56. The first kappa shape index (κ1) is 18.1. The summed E-state index contributed by atoms with van der Waals surface area (Å²) in [6.07, 6.45) is 1.44. The minimum absolute atomic E-state index is 0.155. The number of amides is 1. The van der Waals surface area contributed by atoms with E-state index < -0.39 is 15.1 Å². The van der Waals surface area contributed by atoms with Crippen LogP contribution in [0.5, 0.6) is 5.75 Å². The number of carbonyl (C=O) groups excluding carboxylic acids is 1. The van der Waals surface area contributed by atoms with Gasteiger partial charge >= 0.3 is 0 Å². The Labute approximate surface area is 161 Å². The Morgan fingerprint density at radius 3 is 2.54 bits per heavy atom. The first-order chi connectivity index (χ1) is 13.5. The zero-order valence-electron chi connectivity index (χ0n) is 15.0. The fourth-order valence-electron chi connectivity index (χ4n) is 3.00. The van der Waals surface area contributed by atoms with Crippen molar-refractivity contribution >= 4 is 15.7 Å². The first-order valence-corrected chi connectivity index (χ1v) is 10.0. The highest BCUT2D eigenvalue weighted by atomic mass is 32.2. The van der Waals surface area contributed by atoms with E-state index in [2.05, 4.69) is 15.5 Å². The molecule has 1 aliphatic rings. The van der Waals surface area contributed by atoms with Crippen LogP contribution in [-0.2, 0) is 9.84 Å². The molecular formula is C18H17N5O4S. The van der Waals surface area contributed by atoms with Crippen LogP contribution in [0.4, 0.5) is 0 Å². The van der Waals surface area contributed by atoms with Crippen molar-refractivity contribution in [3.63, 3.8) is 0 Å². The molecule has 0 atom stereocenters. The third-order valence-corrected chi connectivity index (χ3v) is 6.77. The average molecular weight is 399 g/mol. The van der Waals surface area contributed by atoms with E-state index in [-0.39, 0.29) is 23.9 Å². The lowest BCUT2D eigenvalue weighted by molar-refractivity contribution is 0.0659. The molecule has 2 heterocycles. The minimum atomic E-state index is -3.50. The van der Waals surface area contributed by atoms with Crippen molar-refractivity contribution in [2.24, 2.45) is 0 Å². The molecule has 0 saturated carbocycles. The molecule has 1 fully saturated rings. The van der Waals surface area contributed by atoms with Gasteiger partial charge in [-0.2, -0.15) is 0 Å². The van der Waals surface area contributed by atoms with E-state index >= 15 is 0 Å². The van der Waals surface area contributed by atoms with E-state index in [9.17, 15) is 13.2 Å². The van der Waals surface area contributed by atoms with Crippen LogP contribution in [0.2, 0.25) is 0 Å². The molecule has 9 nitrogen and oxygen atoms in total. The van der Waals surface area contributed by atoms with Gasteiger partial charge in [0.25, 0.3) is 5.91 Å². The lowest BCUT2D eigenvalue weighted by atomic mass is 10.1. The van der Waals surface area contributed by atoms with Crippen molar-refractivity contribution < 1.29 is 17.9 Å². The Bertz CT molecular complexity index is 1090. The van der Waals surface area contributed by atoms with Gasteiger partial charge in [0.2, 0.25) is 0 Å². The number of carbonyl (C=O) groups is 1. The highest BCUT2D eigenvalue weighted by molar-refractivity contribution is 7.92. The van der Waals surface area contributed by atoms with Crippen molar-refractivity contribution in [2.45, 2.75) is 10.1 Å². The van der Waals surface area contributed by atoms with Gasteiger partial charge in [0.1, 0.15) is 17.3 Å². The van der Waals surface area contributed by atoms with Crippen LogP contribution < -0.4 is 4.74 Å². The summed E-state index contributed by atoms with van der Waals surface area (Å²) in [6, 6.07) is 13.1. The van der Waals surface area contributed by atoms with Crippen LogP contribution in [0, 0.1) is 0 Å². The molecule has 3 aromatic rings. The zero-order chi connectivity index (χ0) is 19.7. The molecule has 0 aliphatic carbocycles. The van der Waals surface area contributed by atoms with E-state index in [4.69, 9.17) is 4.74 Å². The van der Waals surface area contributed by atoms with Gasteiger partial charge in [-0.3, -0.25) is 4.79 Å². The van der Waals surface area contributed by atoms with Crippen LogP contribution in [0.3, 0.4) is 0 Å². The number of hydrogen-bond donors (Lipinski definition) is 0. The van der Waals surface area contributed by atoms with E-state index in [1.165, 1.54) is 35.2 Å².